The quantitative estimate of drug-likeness (QED) is 0.686. The van der Waals surface area contributed by atoms with Crippen LogP contribution in [0.4, 0.5) is 5.69 Å². The number of rotatable bonds is 2. The van der Waals surface area contributed by atoms with Gasteiger partial charge in [0, 0.05) is 23.7 Å². The van der Waals surface area contributed by atoms with Gasteiger partial charge in [-0.2, -0.15) is 0 Å². The van der Waals surface area contributed by atoms with Gasteiger partial charge < -0.3 is 20.3 Å². The highest BCUT2D eigenvalue weighted by molar-refractivity contribution is 5.90. The van der Waals surface area contributed by atoms with Gasteiger partial charge in [0.05, 0.1) is 5.60 Å². The summed E-state index contributed by atoms with van der Waals surface area (Å²) in [5.41, 5.74) is 7.33. The minimum Gasteiger partial charge on any atom is -0.445 e. The van der Waals surface area contributed by atoms with E-state index in [9.17, 15) is 5.11 Å². The van der Waals surface area contributed by atoms with Gasteiger partial charge in [0.1, 0.15) is 0 Å². The Morgan fingerprint density at radius 2 is 1.48 bits per heavy atom. The number of hydrogen-bond donors (Lipinski definition) is 2. The van der Waals surface area contributed by atoms with E-state index in [0.717, 1.165) is 16.3 Å². The Bertz CT molecular complexity index is 960. The molecule has 0 saturated heterocycles. The third-order valence-electron chi connectivity index (χ3n) is 4.64. The van der Waals surface area contributed by atoms with E-state index in [1.807, 2.05) is 61.5 Å². The van der Waals surface area contributed by atoms with E-state index in [1.165, 1.54) is 0 Å². The fraction of sp³-hybridized carbons (Fsp3) is 0.238. The molecule has 4 heteroatoms. The van der Waals surface area contributed by atoms with Gasteiger partial charge in [-0.25, -0.2) is 0 Å². The molecule has 1 heterocycles. The van der Waals surface area contributed by atoms with E-state index in [4.69, 9.17) is 15.2 Å². The fourth-order valence-electron chi connectivity index (χ4n) is 3.31. The molecule has 0 spiro atoms. The van der Waals surface area contributed by atoms with Crippen LogP contribution in [0.5, 0.6) is 11.5 Å². The molecule has 0 unspecified atom stereocenters. The topological polar surface area (TPSA) is 64.7 Å². The van der Waals surface area contributed by atoms with Crippen LogP contribution in [0.15, 0.2) is 54.6 Å². The number of anilines is 1. The molecule has 0 saturated carbocycles. The highest BCUT2D eigenvalue weighted by Crippen LogP contribution is 2.46. The van der Waals surface area contributed by atoms with Gasteiger partial charge in [0.25, 0.3) is 5.79 Å². The molecular weight excluding hydrogens is 314 g/mol. The van der Waals surface area contributed by atoms with Crippen LogP contribution in [0.3, 0.4) is 0 Å². The Hall–Kier alpha value is -2.72. The van der Waals surface area contributed by atoms with Gasteiger partial charge in [-0.15, -0.1) is 0 Å². The van der Waals surface area contributed by atoms with E-state index in [1.54, 1.807) is 13.8 Å². The minimum atomic E-state index is -1.01. The third-order valence-corrected chi connectivity index (χ3v) is 4.64. The molecule has 0 amide bonds. The summed E-state index contributed by atoms with van der Waals surface area (Å²) >= 11 is 0. The van der Waals surface area contributed by atoms with Crippen molar-refractivity contribution in [3.05, 3.63) is 65.7 Å². The van der Waals surface area contributed by atoms with E-state index >= 15 is 0 Å². The summed E-state index contributed by atoms with van der Waals surface area (Å²) in [6.45, 7) is 5.36. The summed E-state index contributed by atoms with van der Waals surface area (Å²) in [6, 6.07) is 17.5. The number of nitrogen functional groups attached to an aromatic ring is 1. The molecule has 0 aromatic heterocycles. The number of ether oxygens (including phenoxy) is 2. The number of aliphatic hydroxyl groups is 1. The first-order chi connectivity index (χ1) is 11.8. The van der Waals surface area contributed by atoms with Crippen LogP contribution in [0, 0.1) is 0 Å². The first-order valence-corrected chi connectivity index (χ1v) is 8.30. The fourth-order valence-corrected chi connectivity index (χ4v) is 3.31. The Balaban J connectivity index is 1.81. The summed E-state index contributed by atoms with van der Waals surface area (Å²) < 4.78 is 12.2. The van der Waals surface area contributed by atoms with Crippen LogP contribution in [0.1, 0.15) is 31.9 Å². The van der Waals surface area contributed by atoms with Crippen LogP contribution in [-0.4, -0.2) is 5.11 Å². The van der Waals surface area contributed by atoms with Gasteiger partial charge >= 0.3 is 0 Å². The van der Waals surface area contributed by atoms with Crippen molar-refractivity contribution in [1.82, 2.24) is 0 Å². The molecule has 1 atom stereocenters. The largest absolute Gasteiger partial charge is 0.445 e. The second-order valence-electron chi connectivity index (χ2n) is 7.16. The minimum absolute atomic E-state index is 0.560. The number of fused-ring (bicyclic) bond motifs is 2. The molecular formula is C21H21NO3. The average Bonchev–Trinajstić information content (AvgIpc) is 2.88. The number of nitrogens with two attached hydrogens (primary N) is 1. The monoisotopic (exact) mass is 335 g/mol. The zero-order valence-electron chi connectivity index (χ0n) is 14.5. The molecule has 0 aliphatic carbocycles. The van der Waals surface area contributed by atoms with E-state index < -0.39 is 11.4 Å². The summed E-state index contributed by atoms with van der Waals surface area (Å²) in [4.78, 5) is 0. The molecule has 4 nitrogen and oxygen atoms in total. The van der Waals surface area contributed by atoms with Crippen molar-refractivity contribution in [2.75, 3.05) is 5.73 Å². The van der Waals surface area contributed by atoms with Crippen molar-refractivity contribution in [2.45, 2.75) is 32.2 Å². The second kappa shape index (κ2) is 5.14. The van der Waals surface area contributed by atoms with Crippen LogP contribution < -0.4 is 15.2 Å². The Morgan fingerprint density at radius 3 is 2.04 bits per heavy atom. The van der Waals surface area contributed by atoms with Crippen molar-refractivity contribution in [3.63, 3.8) is 0 Å². The maximum atomic E-state index is 10.3. The average molecular weight is 335 g/mol. The molecule has 1 aliphatic rings. The predicted octanol–water partition coefficient (Wildman–Crippen LogP) is 4.29. The van der Waals surface area contributed by atoms with E-state index in [-0.39, 0.29) is 0 Å². The number of hydrogen-bond acceptors (Lipinski definition) is 4. The first-order valence-electron chi connectivity index (χ1n) is 8.30. The van der Waals surface area contributed by atoms with Gasteiger partial charge in [-0.1, -0.05) is 30.3 Å². The SMILES string of the molecule is CC(C)(O)c1cc2cc3c(cc2cc1N)O[C@@](C)(c1ccccc1)O3. The highest BCUT2D eigenvalue weighted by atomic mass is 16.7. The summed E-state index contributed by atoms with van der Waals surface area (Å²) in [5, 5.41) is 12.2. The molecule has 128 valence electrons. The maximum absolute atomic E-state index is 10.3. The lowest BCUT2D eigenvalue weighted by Gasteiger charge is -2.23. The van der Waals surface area contributed by atoms with Crippen LogP contribution in [-0.2, 0) is 11.4 Å². The van der Waals surface area contributed by atoms with Gasteiger partial charge in [-0.3, -0.25) is 0 Å². The molecule has 3 aromatic carbocycles. The molecule has 0 fully saturated rings. The lowest BCUT2D eigenvalue weighted by Crippen LogP contribution is -2.31. The zero-order chi connectivity index (χ0) is 17.8. The first kappa shape index (κ1) is 15.8. The lowest BCUT2D eigenvalue weighted by atomic mass is 9.93. The Labute approximate surface area is 146 Å². The van der Waals surface area contributed by atoms with E-state index in [2.05, 4.69) is 0 Å². The summed E-state index contributed by atoms with van der Waals surface area (Å²) in [5.74, 6) is 0.519. The van der Waals surface area contributed by atoms with Crippen molar-refractivity contribution in [1.29, 1.82) is 0 Å². The third kappa shape index (κ3) is 2.59. The smallest absolute Gasteiger partial charge is 0.275 e. The van der Waals surface area contributed by atoms with Crippen molar-refractivity contribution in [2.24, 2.45) is 0 Å². The van der Waals surface area contributed by atoms with Crippen molar-refractivity contribution in [3.8, 4) is 11.5 Å². The molecule has 0 radical (unpaired) electrons. The highest BCUT2D eigenvalue weighted by Gasteiger charge is 2.38. The van der Waals surface area contributed by atoms with E-state index in [0.29, 0.717) is 22.7 Å². The lowest BCUT2D eigenvalue weighted by molar-refractivity contribution is -0.0679. The van der Waals surface area contributed by atoms with Gasteiger partial charge in [-0.05, 0) is 48.9 Å². The van der Waals surface area contributed by atoms with Gasteiger partial charge in [0.15, 0.2) is 11.5 Å². The molecule has 3 aromatic rings. The molecule has 0 bridgehead atoms. The van der Waals surface area contributed by atoms with Crippen LogP contribution in [0.25, 0.3) is 10.8 Å². The van der Waals surface area contributed by atoms with Crippen molar-refractivity contribution >= 4 is 16.5 Å². The summed E-state index contributed by atoms with van der Waals surface area (Å²) in [6.07, 6.45) is 0. The van der Waals surface area contributed by atoms with Crippen LogP contribution >= 0.6 is 0 Å². The second-order valence-corrected chi connectivity index (χ2v) is 7.16. The Morgan fingerprint density at radius 1 is 0.920 bits per heavy atom. The van der Waals surface area contributed by atoms with Gasteiger partial charge in [0.2, 0.25) is 0 Å². The van der Waals surface area contributed by atoms with Crippen LogP contribution in [0.2, 0.25) is 0 Å². The molecule has 1 aliphatic heterocycles. The van der Waals surface area contributed by atoms with Crippen molar-refractivity contribution < 1.29 is 14.6 Å². The standard InChI is InChI=1S/C21H21NO3/c1-20(2,23)16-9-13-11-18-19(12-14(13)10-17(16)22)25-21(3,24-18)15-7-5-4-6-8-15/h4-12,23H,22H2,1-3H3/t21-/m0/s1. The molecule has 3 N–H and O–H groups in total. The molecule has 4 rings (SSSR count). The number of benzene rings is 3. The predicted molar refractivity (Wildman–Crippen MR) is 98.7 cm³/mol. The maximum Gasteiger partial charge on any atom is 0.275 e. The Kier molecular flexibility index (Phi) is 3.24. The normalized spacial score (nSPS) is 19.4. The molecule has 25 heavy (non-hydrogen) atoms. The zero-order valence-corrected chi connectivity index (χ0v) is 14.5. The summed E-state index contributed by atoms with van der Waals surface area (Å²) in [7, 11) is 0.